The molecule has 0 spiro atoms. The van der Waals surface area contributed by atoms with E-state index >= 15 is 0 Å². The molecule has 2 fully saturated rings. The molecule has 2 aliphatic heterocycles. The molecular weight excluding hydrogens is 407 g/mol. The number of halogens is 3. The fourth-order valence-corrected chi connectivity index (χ4v) is 4.86. The van der Waals surface area contributed by atoms with Crippen LogP contribution < -0.4 is 4.90 Å². The number of anilines is 1. The summed E-state index contributed by atoms with van der Waals surface area (Å²) in [4.78, 5) is 16.6. The largest absolute Gasteiger partial charge is 0.417 e. The Hall–Kier alpha value is -2.27. The third-order valence-corrected chi connectivity index (χ3v) is 6.39. The number of carbonyl (C=O) groups is 1. The number of benzene rings is 1. The summed E-state index contributed by atoms with van der Waals surface area (Å²) in [7, 11) is 1.63. The average molecular weight is 438 g/mol. The van der Waals surface area contributed by atoms with Crippen LogP contribution in [0.2, 0.25) is 0 Å². The van der Waals surface area contributed by atoms with Crippen molar-refractivity contribution in [2.75, 3.05) is 44.8 Å². The highest BCUT2D eigenvalue weighted by Crippen LogP contribution is 2.45. The summed E-state index contributed by atoms with van der Waals surface area (Å²) in [6, 6.07) is 5.52. The topological polar surface area (TPSA) is 56.6 Å². The highest BCUT2D eigenvalue weighted by atomic mass is 19.4. The van der Waals surface area contributed by atoms with Crippen molar-refractivity contribution >= 4 is 11.6 Å². The van der Waals surface area contributed by atoms with Gasteiger partial charge in [-0.15, -0.1) is 0 Å². The second kappa shape index (κ2) is 8.34. The Kier molecular flexibility index (Phi) is 6.30. The van der Waals surface area contributed by atoms with Crippen LogP contribution in [-0.2, 0) is 15.7 Å². The van der Waals surface area contributed by atoms with Gasteiger partial charge in [0.15, 0.2) is 0 Å². The number of methoxy groups -OCH3 is 1. The molecule has 1 amide bonds. The van der Waals surface area contributed by atoms with Crippen molar-refractivity contribution in [3.8, 4) is 6.07 Å². The van der Waals surface area contributed by atoms with Crippen LogP contribution in [0.25, 0.3) is 0 Å². The number of likely N-dealkylation sites (tertiary alicyclic amines) is 1. The van der Waals surface area contributed by atoms with Gasteiger partial charge in [-0.25, -0.2) is 0 Å². The zero-order valence-electron chi connectivity index (χ0n) is 18.6. The van der Waals surface area contributed by atoms with Crippen molar-refractivity contribution in [1.29, 1.82) is 5.26 Å². The van der Waals surface area contributed by atoms with Crippen LogP contribution in [-0.4, -0.2) is 50.7 Å². The summed E-state index contributed by atoms with van der Waals surface area (Å²) in [5.41, 5.74) is -1.15. The number of ether oxygens (including phenoxy) is 1. The minimum atomic E-state index is -4.59. The average Bonchev–Trinajstić information content (AvgIpc) is 3.04. The molecule has 2 atom stereocenters. The molecule has 0 radical (unpaired) electrons. The SMILES string of the molecule is COC[C@@]12CCN(C(=O)CC(C)(C)C)C[C@@H]1CN(c1ccc(C#N)c(C(F)(F)F)c1)C2. The number of alkyl halides is 3. The third-order valence-electron chi connectivity index (χ3n) is 6.39. The number of piperidine rings is 1. The first-order valence-corrected chi connectivity index (χ1v) is 10.5. The molecule has 2 saturated heterocycles. The second-order valence-corrected chi connectivity index (χ2v) is 10.0. The van der Waals surface area contributed by atoms with Crippen LogP contribution >= 0.6 is 0 Å². The summed E-state index contributed by atoms with van der Waals surface area (Å²) in [6.07, 6.45) is -3.38. The number of fused-ring (bicyclic) bond motifs is 1. The van der Waals surface area contributed by atoms with Crippen LogP contribution in [0.5, 0.6) is 0 Å². The van der Waals surface area contributed by atoms with E-state index in [-0.39, 0.29) is 28.2 Å². The van der Waals surface area contributed by atoms with E-state index in [1.165, 1.54) is 6.07 Å². The van der Waals surface area contributed by atoms with Gasteiger partial charge < -0.3 is 14.5 Å². The highest BCUT2D eigenvalue weighted by molar-refractivity contribution is 5.77. The maximum absolute atomic E-state index is 13.4. The molecule has 0 aromatic heterocycles. The van der Waals surface area contributed by atoms with E-state index in [9.17, 15) is 18.0 Å². The summed E-state index contributed by atoms with van der Waals surface area (Å²) >= 11 is 0. The fourth-order valence-electron chi connectivity index (χ4n) is 4.86. The molecule has 1 aromatic rings. The van der Waals surface area contributed by atoms with Crippen molar-refractivity contribution in [2.45, 2.75) is 39.8 Å². The number of rotatable bonds is 4. The van der Waals surface area contributed by atoms with Crippen molar-refractivity contribution in [3.05, 3.63) is 29.3 Å². The van der Waals surface area contributed by atoms with E-state index in [1.54, 1.807) is 19.2 Å². The molecule has 0 unspecified atom stereocenters. The maximum Gasteiger partial charge on any atom is 0.417 e. The van der Waals surface area contributed by atoms with Crippen molar-refractivity contribution in [3.63, 3.8) is 0 Å². The van der Waals surface area contributed by atoms with Gasteiger partial charge in [-0.2, -0.15) is 18.4 Å². The minimum Gasteiger partial charge on any atom is -0.384 e. The second-order valence-electron chi connectivity index (χ2n) is 10.0. The molecule has 31 heavy (non-hydrogen) atoms. The van der Waals surface area contributed by atoms with Gasteiger partial charge in [0.1, 0.15) is 0 Å². The molecule has 3 rings (SSSR count). The van der Waals surface area contributed by atoms with Gasteiger partial charge in [0.05, 0.1) is 23.8 Å². The van der Waals surface area contributed by atoms with Gasteiger partial charge >= 0.3 is 6.18 Å². The first-order chi connectivity index (χ1) is 14.4. The molecular formula is C23H30F3N3O2. The Morgan fingerprint density at radius 3 is 2.58 bits per heavy atom. The maximum atomic E-state index is 13.4. The molecule has 5 nitrogen and oxygen atoms in total. The molecule has 1 aromatic carbocycles. The Morgan fingerprint density at radius 2 is 2.00 bits per heavy atom. The van der Waals surface area contributed by atoms with Crippen LogP contribution in [0, 0.1) is 28.1 Å². The molecule has 0 bridgehead atoms. The summed E-state index contributed by atoms with van der Waals surface area (Å²) in [5.74, 6) is 0.227. The van der Waals surface area contributed by atoms with Gasteiger partial charge in [0.25, 0.3) is 0 Å². The highest BCUT2D eigenvalue weighted by Gasteiger charge is 2.50. The molecule has 2 heterocycles. The Bertz CT molecular complexity index is 872. The first kappa shape index (κ1) is 23.4. The summed E-state index contributed by atoms with van der Waals surface area (Å²) in [6.45, 7) is 8.92. The van der Waals surface area contributed by atoms with Crippen molar-refractivity contribution < 1.29 is 22.7 Å². The van der Waals surface area contributed by atoms with Crippen LogP contribution in [0.15, 0.2) is 18.2 Å². The van der Waals surface area contributed by atoms with Crippen molar-refractivity contribution in [1.82, 2.24) is 4.90 Å². The molecule has 170 valence electrons. The van der Waals surface area contributed by atoms with Gasteiger partial charge in [-0.05, 0) is 30.0 Å². The van der Waals surface area contributed by atoms with Gasteiger partial charge in [0.2, 0.25) is 5.91 Å². The molecule has 8 heteroatoms. The minimum absolute atomic E-state index is 0.101. The van der Waals surface area contributed by atoms with E-state index in [0.29, 0.717) is 44.9 Å². The summed E-state index contributed by atoms with van der Waals surface area (Å²) in [5, 5.41) is 9.06. The van der Waals surface area contributed by atoms with Crippen LogP contribution in [0.3, 0.4) is 0 Å². The number of hydrogen-bond donors (Lipinski definition) is 0. The fraction of sp³-hybridized carbons (Fsp3) is 0.652. The Labute approximate surface area is 181 Å². The van der Waals surface area contributed by atoms with E-state index in [4.69, 9.17) is 10.00 Å². The predicted molar refractivity (Wildman–Crippen MR) is 111 cm³/mol. The predicted octanol–water partition coefficient (Wildman–Crippen LogP) is 4.31. The van der Waals surface area contributed by atoms with Crippen LogP contribution in [0.1, 0.15) is 44.7 Å². The number of nitrogens with zero attached hydrogens (tertiary/aromatic N) is 3. The number of nitriles is 1. The Balaban J connectivity index is 1.85. The Morgan fingerprint density at radius 1 is 1.29 bits per heavy atom. The smallest absolute Gasteiger partial charge is 0.384 e. The number of carbonyl (C=O) groups excluding carboxylic acids is 1. The lowest BCUT2D eigenvalue weighted by Gasteiger charge is -2.43. The van der Waals surface area contributed by atoms with Gasteiger partial charge in [-0.3, -0.25) is 4.79 Å². The van der Waals surface area contributed by atoms with Gasteiger partial charge in [-0.1, -0.05) is 20.8 Å². The zero-order chi connectivity index (χ0) is 23.0. The number of hydrogen-bond acceptors (Lipinski definition) is 4. The summed E-state index contributed by atoms with van der Waals surface area (Å²) < 4.78 is 45.8. The van der Waals surface area contributed by atoms with E-state index in [0.717, 1.165) is 12.5 Å². The molecule has 2 aliphatic rings. The number of amides is 1. The first-order valence-electron chi connectivity index (χ1n) is 10.5. The zero-order valence-corrected chi connectivity index (χ0v) is 18.6. The lowest BCUT2D eigenvalue weighted by molar-refractivity contribution is -0.138. The monoisotopic (exact) mass is 437 g/mol. The lowest BCUT2D eigenvalue weighted by Crippen LogP contribution is -2.51. The molecule has 0 aliphatic carbocycles. The third kappa shape index (κ3) is 4.98. The molecule has 0 saturated carbocycles. The normalized spacial score (nSPS) is 24.1. The van der Waals surface area contributed by atoms with Gasteiger partial charge in [0, 0.05) is 56.7 Å². The van der Waals surface area contributed by atoms with Crippen LogP contribution in [0.4, 0.5) is 18.9 Å². The quantitative estimate of drug-likeness (QED) is 0.704. The van der Waals surface area contributed by atoms with E-state index < -0.39 is 11.7 Å². The standard InChI is InChI=1S/C23H30F3N3O2/c1-21(2,3)10-20(30)28-8-7-22(15-31-4)14-29(13-17(22)12-28)18-6-5-16(11-27)19(9-18)23(24,25)26/h5-6,9,17H,7-8,10,12-15H2,1-4H3/t17-,22+/m1/s1. The molecule has 0 N–H and O–H groups in total. The van der Waals surface area contributed by atoms with Crippen molar-refractivity contribution in [2.24, 2.45) is 16.7 Å². The van der Waals surface area contributed by atoms with E-state index in [1.807, 2.05) is 30.6 Å². The lowest BCUT2D eigenvalue weighted by atomic mass is 9.73. The van der Waals surface area contributed by atoms with E-state index in [2.05, 4.69) is 0 Å².